The third-order valence-corrected chi connectivity index (χ3v) is 27.5. The van der Waals surface area contributed by atoms with E-state index in [1.807, 2.05) is 285 Å². The molecule has 0 radical (unpaired) electrons. The number of benzene rings is 11. The number of anilines is 4. The van der Waals surface area contributed by atoms with Crippen LogP contribution in [0, 0.1) is 29.6 Å². The molecule has 4 unspecified atom stereocenters. The van der Waals surface area contributed by atoms with Crippen LogP contribution in [0.1, 0.15) is 122 Å². The van der Waals surface area contributed by atoms with E-state index >= 15 is 0 Å². The summed E-state index contributed by atoms with van der Waals surface area (Å²) in [6.07, 6.45) is 17.2. The van der Waals surface area contributed by atoms with Crippen molar-refractivity contribution >= 4 is 112 Å². The van der Waals surface area contributed by atoms with Crippen LogP contribution in [0.3, 0.4) is 0 Å². The van der Waals surface area contributed by atoms with E-state index in [1.165, 1.54) is 43.1 Å². The second-order valence-electron chi connectivity index (χ2n) is 37.1. The van der Waals surface area contributed by atoms with E-state index in [2.05, 4.69) is 9.97 Å². The topological polar surface area (TPSA) is 314 Å². The van der Waals surface area contributed by atoms with Gasteiger partial charge in [-0.05, 0) is 175 Å². The van der Waals surface area contributed by atoms with Gasteiger partial charge in [-0.15, -0.1) is 0 Å². The van der Waals surface area contributed by atoms with Gasteiger partial charge in [0, 0.05) is 36.7 Å². The fourth-order valence-electron chi connectivity index (χ4n) is 20.0. The highest BCUT2D eigenvalue weighted by molar-refractivity contribution is 6.37. The number of pyridine rings is 2. The molecule has 7 heterocycles. The van der Waals surface area contributed by atoms with Crippen molar-refractivity contribution in [3.05, 3.63) is 421 Å². The maximum atomic E-state index is 13.6. The van der Waals surface area contributed by atoms with Crippen LogP contribution in [0.4, 0.5) is 46.9 Å². The summed E-state index contributed by atoms with van der Waals surface area (Å²) in [6.45, 7) is 0.399. The number of imide groups is 10. The van der Waals surface area contributed by atoms with Gasteiger partial charge in [0.25, 0.3) is 0 Å². The van der Waals surface area contributed by atoms with E-state index in [9.17, 15) is 71.9 Å². The summed E-state index contributed by atoms with van der Waals surface area (Å²) in [5.74, 6) is -8.71. The molecule has 5 aliphatic heterocycles. The zero-order valence-corrected chi connectivity index (χ0v) is 80.5. The number of hydrogen-bond donors (Lipinski definition) is 0. The second kappa shape index (κ2) is 47.6. The van der Waals surface area contributed by atoms with Crippen LogP contribution in [0.25, 0.3) is 11.1 Å². The first-order valence-corrected chi connectivity index (χ1v) is 49.6. The SMILES string of the molecule is O=C1C(Cc2ccccc2)C(=O)N(C2CCCC2)C(=O)N1C1CCCC1.O=C1C(Cc2ccccc2)C(=O)N(C2CCCC2)C(=O)N1Cc1ccccc1.O=C1C(Cc2ccccc2)C(=O)N(c2ccc(-c3ccccc3)cc2)C(=O)N1Cc1ccccc1.O=C1C(Cc2ccccc2)C(=O)N(c2ccccn2)C(=O)N1Cc1ccccc1.O=C1C(Cc2ccccc2)C(=O)N(c2ccncc2)C(=O)N1c1ccccc1. The van der Waals surface area contributed by atoms with Crippen molar-refractivity contribution in [3.8, 4) is 11.1 Å². The van der Waals surface area contributed by atoms with Crippen molar-refractivity contribution in [3.63, 3.8) is 0 Å². The van der Waals surface area contributed by atoms with E-state index < -0.39 is 95.1 Å². The maximum Gasteiger partial charge on any atom is 0.342 e. The van der Waals surface area contributed by atoms with Gasteiger partial charge in [-0.2, -0.15) is 0 Å². The predicted molar refractivity (Wildman–Crippen MR) is 550 cm³/mol. The van der Waals surface area contributed by atoms with Gasteiger partial charge >= 0.3 is 30.2 Å². The smallest absolute Gasteiger partial charge is 0.273 e. The number of para-hydroxylation sites is 1. The minimum Gasteiger partial charge on any atom is -0.273 e. The molecule has 0 N–H and O–H groups in total. The number of rotatable bonds is 24. The highest BCUT2D eigenvalue weighted by atomic mass is 16.2. The molecule has 27 nitrogen and oxygen atoms in total. The molecular weight excluding hydrogens is 1840 g/mol. The van der Waals surface area contributed by atoms with Crippen LogP contribution in [-0.4, -0.2) is 147 Å². The number of nitrogens with zero attached hydrogens (tertiary/aromatic N) is 12. The quantitative estimate of drug-likeness (QED) is 0.0507. The molecule has 11 aromatic carbocycles. The van der Waals surface area contributed by atoms with Crippen molar-refractivity contribution in [2.75, 3.05) is 19.6 Å². The number of hydrogen-bond acceptors (Lipinski definition) is 17. The number of barbiturate groups is 5. The van der Waals surface area contributed by atoms with Crippen molar-refractivity contribution < 1.29 is 71.9 Å². The lowest BCUT2D eigenvalue weighted by Gasteiger charge is -2.42. The Labute approximate surface area is 846 Å². The van der Waals surface area contributed by atoms with E-state index in [4.69, 9.17) is 0 Å². The van der Waals surface area contributed by atoms with Gasteiger partial charge in [0.1, 0.15) is 35.4 Å². The van der Waals surface area contributed by atoms with Crippen molar-refractivity contribution in [2.24, 2.45) is 29.6 Å². The van der Waals surface area contributed by atoms with Crippen LogP contribution < -0.4 is 19.6 Å². The third-order valence-electron chi connectivity index (χ3n) is 27.5. The van der Waals surface area contributed by atoms with E-state index in [0.717, 1.165) is 157 Å². The van der Waals surface area contributed by atoms with Crippen molar-refractivity contribution in [2.45, 2.75) is 147 Å². The second-order valence-corrected chi connectivity index (χ2v) is 37.1. The van der Waals surface area contributed by atoms with Crippen LogP contribution in [0.2, 0.25) is 0 Å². The van der Waals surface area contributed by atoms with Crippen molar-refractivity contribution in [1.82, 2.24) is 39.4 Å². The van der Waals surface area contributed by atoms with E-state index in [1.54, 1.807) is 72.8 Å². The average molecular weight is 1950 g/mol. The molecule has 0 bridgehead atoms. The molecule has 736 valence electrons. The number of amides is 20. The summed E-state index contributed by atoms with van der Waals surface area (Å²) in [5, 5.41) is 0. The summed E-state index contributed by atoms with van der Waals surface area (Å²) in [6, 6.07) is 106. The van der Waals surface area contributed by atoms with Crippen LogP contribution in [-0.2, 0) is 99.7 Å². The lowest BCUT2D eigenvalue weighted by Crippen LogP contribution is -2.64. The largest absolute Gasteiger partial charge is 0.342 e. The number of aromatic nitrogens is 2. The van der Waals surface area contributed by atoms with Crippen LogP contribution in [0.15, 0.2) is 377 Å². The van der Waals surface area contributed by atoms with Gasteiger partial charge in [-0.25, -0.2) is 48.6 Å². The Hall–Kier alpha value is -17.2. The Morgan fingerprint density at radius 2 is 0.445 bits per heavy atom. The van der Waals surface area contributed by atoms with Gasteiger partial charge in [-0.3, -0.25) is 82.3 Å². The molecule has 20 amide bonds. The molecule has 8 aliphatic rings. The predicted octanol–water partition coefficient (Wildman–Crippen LogP) is 19.9. The first-order valence-electron chi connectivity index (χ1n) is 49.6. The molecule has 2 aromatic heterocycles. The number of urea groups is 5. The zero-order chi connectivity index (χ0) is 102. The highest BCUT2D eigenvalue weighted by Gasteiger charge is 2.54. The van der Waals surface area contributed by atoms with Gasteiger partial charge in [0.2, 0.25) is 59.1 Å². The first kappa shape index (κ1) is 100. The Morgan fingerprint density at radius 3 is 0.781 bits per heavy atom. The molecule has 27 heteroatoms. The van der Waals surface area contributed by atoms with Crippen LogP contribution in [0.5, 0.6) is 0 Å². The molecule has 0 spiro atoms. The standard InChI is InChI=1S/C30H24N2O3.C23H19N3O3.C23H24N2O3.C22H17N3O3.C21H26N2O3/c33-28-27(20-22-10-4-1-5-11-22)29(34)32(30(35)31(28)21-23-12-6-2-7-13-23)26-18-16-25(17-19-26)24-14-8-3-9-15-24;27-21-19(15-17-9-3-1-4-10-17)22(28)26(20-13-7-8-14-24-20)23(29)25(21)16-18-11-5-2-6-12-18;26-21-20(15-17-9-3-1-4-10-17)22(27)25(19-13-7-8-14-19)23(28)24(21)16-18-11-5-2-6-12-18;26-20-19(15-16-7-3-1-4-8-16)21(27)25(18-11-13-23-14-12-18)22(28)24(20)17-9-5-2-6-10-17;24-19-18(14-15-8-2-1-3-9-15)20(25)23(17-12-6-7-13-17)21(26)22(19)16-10-4-5-11-16/h1-19,27H,20-21H2;1-14,19H,15-16H2;1-6,9-12,19-20H,7-8,13-16H2;1-14,19H,15H2;1-3,8-9,16-18H,4-7,10-14H2. The minimum absolute atomic E-state index is 0.0368. The molecule has 13 aromatic rings. The van der Waals surface area contributed by atoms with Crippen LogP contribution >= 0.6 is 0 Å². The lowest BCUT2D eigenvalue weighted by atomic mass is 9.92. The summed E-state index contributed by atoms with van der Waals surface area (Å²) in [5.41, 5.74) is 10.3. The van der Waals surface area contributed by atoms with E-state index in [-0.39, 0.29) is 86.6 Å². The number of carbonyl (C=O) groups is 15. The fraction of sp³-hybridized carbons (Fsp3) is 0.235. The Bertz CT molecular complexity index is 6520. The maximum absolute atomic E-state index is 13.6. The highest BCUT2D eigenvalue weighted by Crippen LogP contribution is 2.39. The summed E-state index contributed by atoms with van der Waals surface area (Å²) >= 11 is 0. The first-order chi connectivity index (χ1) is 71.2. The lowest BCUT2D eigenvalue weighted by molar-refractivity contribution is -0.153. The number of carbonyl (C=O) groups excluding carboxylic acids is 15. The van der Waals surface area contributed by atoms with Gasteiger partial charge < -0.3 is 0 Å². The monoisotopic (exact) mass is 1950 g/mol. The molecule has 3 aliphatic carbocycles. The molecule has 5 saturated heterocycles. The molecule has 146 heavy (non-hydrogen) atoms. The Kier molecular flexibility index (Phi) is 32.7. The van der Waals surface area contributed by atoms with Gasteiger partial charge in [-0.1, -0.05) is 348 Å². The Morgan fingerprint density at radius 1 is 0.199 bits per heavy atom. The molecule has 21 rings (SSSR count). The fourth-order valence-corrected chi connectivity index (χ4v) is 20.0. The van der Waals surface area contributed by atoms with Crippen molar-refractivity contribution in [1.29, 1.82) is 0 Å². The van der Waals surface area contributed by atoms with Gasteiger partial charge in [0.05, 0.1) is 36.7 Å². The summed E-state index contributed by atoms with van der Waals surface area (Å²) < 4.78 is 0. The summed E-state index contributed by atoms with van der Waals surface area (Å²) in [4.78, 5) is 219. The zero-order valence-electron chi connectivity index (χ0n) is 80.5. The normalized spacial score (nSPS) is 18.7. The van der Waals surface area contributed by atoms with Gasteiger partial charge in [0.15, 0.2) is 0 Å². The average Bonchev–Trinajstić information content (AvgIpc) is 1.13. The molecular formula is C119H110N12O15. The molecule has 4 atom stereocenters. The van der Waals surface area contributed by atoms with E-state index in [0.29, 0.717) is 29.9 Å². The molecule has 3 saturated carbocycles. The third kappa shape index (κ3) is 23.2. The summed E-state index contributed by atoms with van der Waals surface area (Å²) in [7, 11) is 0. The molecule has 8 fully saturated rings. The Balaban J connectivity index is 0.000000125. The minimum atomic E-state index is -0.992.